The van der Waals surface area contributed by atoms with Crippen LogP contribution >= 0.6 is 0 Å². The second kappa shape index (κ2) is 4.51. The average molecular weight is 223 g/mol. The molecule has 0 bridgehead atoms. The summed E-state index contributed by atoms with van der Waals surface area (Å²) >= 11 is 0. The summed E-state index contributed by atoms with van der Waals surface area (Å²) in [6, 6.07) is 0. The second-order valence-corrected chi connectivity index (χ2v) is 5.14. The lowest BCUT2D eigenvalue weighted by atomic mass is 10.0. The molecule has 1 fully saturated rings. The zero-order valence-electron chi connectivity index (χ0n) is 10.2. The Bertz CT molecular complexity index is 332. The lowest BCUT2D eigenvalue weighted by Crippen LogP contribution is -2.29. The van der Waals surface area contributed by atoms with Gasteiger partial charge in [0.2, 0.25) is 0 Å². The Labute approximate surface area is 96.6 Å². The van der Waals surface area contributed by atoms with E-state index >= 15 is 0 Å². The van der Waals surface area contributed by atoms with E-state index in [1.807, 2.05) is 24.7 Å². The van der Waals surface area contributed by atoms with Crippen molar-refractivity contribution in [3.05, 3.63) is 11.9 Å². The molecule has 0 radical (unpaired) electrons. The Morgan fingerprint density at radius 1 is 1.31 bits per heavy atom. The van der Waals surface area contributed by atoms with Crippen LogP contribution in [0, 0.1) is 0 Å². The van der Waals surface area contributed by atoms with Crippen molar-refractivity contribution in [2.45, 2.75) is 38.8 Å². The number of aromatic nitrogens is 3. The minimum absolute atomic E-state index is 0.397. The van der Waals surface area contributed by atoms with E-state index in [-0.39, 0.29) is 0 Å². The number of hydrogen-bond donors (Lipinski definition) is 1. The van der Waals surface area contributed by atoms with E-state index in [0.717, 1.165) is 18.8 Å². The van der Waals surface area contributed by atoms with Gasteiger partial charge in [0.25, 0.3) is 0 Å². The number of hydrogen-bond acceptors (Lipinski definition) is 4. The highest BCUT2D eigenvalue weighted by Gasteiger charge is 2.18. The first-order chi connectivity index (χ1) is 7.55. The molecule has 0 amide bonds. The molecule has 1 aliphatic heterocycles. The molecule has 0 atom stereocenters. The first-order valence-corrected chi connectivity index (χ1v) is 5.97. The summed E-state index contributed by atoms with van der Waals surface area (Å²) in [5.74, 6) is 0. The van der Waals surface area contributed by atoms with Crippen LogP contribution in [-0.2, 0) is 12.1 Å². The van der Waals surface area contributed by atoms with Crippen molar-refractivity contribution in [2.75, 3.05) is 19.6 Å². The molecule has 0 saturated carbocycles. The summed E-state index contributed by atoms with van der Waals surface area (Å²) in [5, 5.41) is 8.21. The first kappa shape index (κ1) is 11.5. The van der Waals surface area contributed by atoms with Crippen molar-refractivity contribution in [1.82, 2.24) is 19.9 Å². The predicted octanol–water partition coefficient (Wildman–Crippen LogP) is 0.568. The van der Waals surface area contributed by atoms with E-state index in [0.29, 0.717) is 0 Å². The van der Waals surface area contributed by atoms with Crippen LogP contribution in [0.2, 0.25) is 0 Å². The summed E-state index contributed by atoms with van der Waals surface area (Å²) in [6.45, 7) is 8.31. The van der Waals surface area contributed by atoms with Crippen LogP contribution in [0.5, 0.6) is 0 Å². The van der Waals surface area contributed by atoms with Gasteiger partial charge in [0.15, 0.2) is 0 Å². The van der Waals surface area contributed by atoms with Crippen molar-refractivity contribution in [3.8, 4) is 0 Å². The Morgan fingerprint density at radius 2 is 2.00 bits per heavy atom. The van der Waals surface area contributed by atoms with Gasteiger partial charge >= 0.3 is 0 Å². The van der Waals surface area contributed by atoms with Crippen molar-refractivity contribution in [2.24, 2.45) is 5.73 Å². The fourth-order valence-electron chi connectivity index (χ4n) is 1.95. The summed E-state index contributed by atoms with van der Waals surface area (Å²) in [4.78, 5) is 2.47. The Morgan fingerprint density at radius 3 is 2.56 bits per heavy atom. The maximum Gasteiger partial charge on any atom is 0.102 e. The van der Waals surface area contributed by atoms with E-state index in [4.69, 9.17) is 5.73 Å². The van der Waals surface area contributed by atoms with Crippen LogP contribution in [0.4, 0.5) is 0 Å². The monoisotopic (exact) mass is 223 g/mol. The molecular formula is C11H21N5. The maximum absolute atomic E-state index is 5.96. The summed E-state index contributed by atoms with van der Waals surface area (Å²) < 4.78 is 1.89. The van der Waals surface area contributed by atoms with E-state index in [1.165, 1.54) is 25.9 Å². The van der Waals surface area contributed by atoms with E-state index < -0.39 is 5.54 Å². The molecule has 0 aliphatic carbocycles. The van der Waals surface area contributed by atoms with Gasteiger partial charge < -0.3 is 10.6 Å². The largest absolute Gasteiger partial charge is 0.320 e. The fraction of sp³-hybridized carbons (Fsp3) is 0.818. The quantitative estimate of drug-likeness (QED) is 0.810. The van der Waals surface area contributed by atoms with Crippen molar-refractivity contribution in [1.29, 1.82) is 0 Å². The Kier molecular flexibility index (Phi) is 3.25. The minimum Gasteiger partial charge on any atom is -0.320 e. The van der Waals surface area contributed by atoms with Crippen LogP contribution in [0.1, 0.15) is 32.4 Å². The second-order valence-electron chi connectivity index (χ2n) is 5.14. The molecule has 2 heterocycles. The SMILES string of the molecule is CC(C)(N)c1cn(CCN2CCCC2)nn1. The molecule has 1 aromatic rings. The van der Waals surface area contributed by atoms with Gasteiger partial charge in [0.1, 0.15) is 5.69 Å². The van der Waals surface area contributed by atoms with Gasteiger partial charge in [0.05, 0.1) is 18.3 Å². The molecule has 5 nitrogen and oxygen atoms in total. The Hall–Kier alpha value is -0.940. The van der Waals surface area contributed by atoms with E-state index in [2.05, 4.69) is 15.2 Å². The van der Waals surface area contributed by atoms with Gasteiger partial charge in [-0.25, -0.2) is 0 Å². The first-order valence-electron chi connectivity index (χ1n) is 5.97. The van der Waals surface area contributed by atoms with Crippen LogP contribution in [0.3, 0.4) is 0 Å². The molecule has 1 aliphatic rings. The molecular weight excluding hydrogens is 202 g/mol. The number of nitrogens with two attached hydrogens (primary N) is 1. The third-order valence-electron chi connectivity index (χ3n) is 3.04. The summed E-state index contributed by atoms with van der Waals surface area (Å²) in [7, 11) is 0. The van der Waals surface area contributed by atoms with Crippen LogP contribution in [0.15, 0.2) is 6.20 Å². The highest BCUT2D eigenvalue weighted by atomic mass is 15.4. The molecule has 1 saturated heterocycles. The average Bonchev–Trinajstić information content (AvgIpc) is 2.85. The van der Waals surface area contributed by atoms with E-state index in [9.17, 15) is 0 Å². The van der Waals surface area contributed by atoms with Gasteiger partial charge in [-0.15, -0.1) is 5.10 Å². The fourth-order valence-corrected chi connectivity index (χ4v) is 1.95. The van der Waals surface area contributed by atoms with Gasteiger partial charge in [-0.1, -0.05) is 5.21 Å². The van der Waals surface area contributed by atoms with Crippen molar-refractivity contribution in [3.63, 3.8) is 0 Å². The molecule has 5 heteroatoms. The summed E-state index contributed by atoms with van der Waals surface area (Å²) in [5.41, 5.74) is 6.42. The molecule has 0 unspecified atom stereocenters. The third-order valence-corrected chi connectivity index (χ3v) is 3.04. The van der Waals surface area contributed by atoms with Crippen molar-refractivity contribution >= 4 is 0 Å². The minimum atomic E-state index is -0.397. The molecule has 2 N–H and O–H groups in total. The highest BCUT2D eigenvalue weighted by Crippen LogP contribution is 2.12. The zero-order chi connectivity index (χ0) is 11.6. The number of likely N-dealkylation sites (tertiary alicyclic amines) is 1. The highest BCUT2D eigenvalue weighted by molar-refractivity contribution is 5.05. The van der Waals surface area contributed by atoms with Gasteiger partial charge in [0, 0.05) is 6.54 Å². The van der Waals surface area contributed by atoms with Crippen molar-refractivity contribution < 1.29 is 0 Å². The van der Waals surface area contributed by atoms with Crippen LogP contribution < -0.4 is 5.73 Å². The van der Waals surface area contributed by atoms with E-state index in [1.54, 1.807) is 0 Å². The lowest BCUT2D eigenvalue weighted by molar-refractivity contribution is 0.314. The predicted molar refractivity (Wildman–Crippen MR) is 62.9 cm³/mol. The molecule has 0 aromatic carbocycles. The molecule has 90 valence electrons. The Balaban J connectivity index is 1.87. The summed E-state index contributed by atoms with van der Waals surface area (Å²) in [6.07, 6.45) is 4.62. The van der Waals surface area contributed by atoms with Gasteiger partial charge in [-0.05, 0) is 39.8 Å². The smallest absolute Gasteiger partial charge is 0.102 e. The normalized spacial score (nSPS) is 18.2. The van der Waals surface area contributed by atoms with Gasteiger partial charge in [-0.2, -0.15) is 0 Å². The molecule has 16 heavy (non-hydrogen) atoms. The molecule has 0 spiro atoms. The molecule has 2 rings (SSSR count). The zero-order valence-corrected chi connectivity index (χ0v) is 10.2. The van der Waals surface area contributed by atoms with Gasteiger partial charge in [-0.3, -0.25) is 4.68 Å². The topological polar surface area (TPSA) is 60.0 Å². The number of rotatable bonds is 4. The maximum atomic E-state index is 5.96. The molecule has 1 aromatic heterocycles. The number of nitrogens with zero attached hydrogens (tertiary/aromatic N) is 4. The van der Waals surface area contributed by atoms with Crippen LogP contribution in [-0.4, -0.2) is 39.5 Å². The van der Waals surface area contributed by atoms with Crippen LogP contribution in [0.25, 0.3) is 0 Å². The third kappa shape index (κ3) is 2.80. The standard InChI is InChI=1S/C11H21N5/c1-11(2,12)10-9-16(14-13-10)8-7-15-5-3-4-6-15/h9H,3-8,12H2,1-2H3. The lowest BCUT2D eigenvalue weighted by Gasteiger charge is -2.14.